The maximum absolute atomic E-state index is 9.45. The van der Waals surface area contributed by atoms with Gasteiger partial charge in [0.05, 0.1) is 5.69 Å². The second-order valence-corrected chi connectivity index (χ2v) is 6.33. The zero-order valence-corrected chi connectivity index (χ0v) is 13.9. The van der Waals surface area contributed by atoms with Gasteiger partial charge in [0.15, 0.2) is 0 Å². The van der Waals surface area contributed by atoms with E-state index in [-0.39, 0.29) is 5.82 Å². The second kappa shape index (κ2) is 6.23. The van der Waals surface area contributed by atoms with E-state index in [9.17, 15) is 5.26 Å². The normalized spacial score (nSPS) is 10.5. The van der Waals surface area contributed by atoms with Gasteiger partial charge in [0.2, 0.25) is 0 Å². The summed E-state index contributed by atoms with van der Waals surface area (Å²) < 4.78 is 0. The van der Waals surface area contributed by atoms with Crippen molar-refractivity contribution in [3.63, 3.8) is 0 Å². The predicted molar refractivity (Wildman–Crippen MR) is 96.2 cm³/mol. The number of nitriles is 1. The molecular formula is C19H17N3S. The Labute approximate surface area is 140 Å². The molecule has 0 fully saturated rings. The molecule has 0 aliphatic heterocycles. The van der Waals surface area contributed by atoms with Crippen LogP contribution in [0, 0.1) is 18.3 Å². The van der Waals surface area contributed by atoms with E-state index in [2.05, 4.69) is 42.2 Å². The third-order valence-corrected chi connectivity index (χ3v) is 4.97. The van der Waals surface area contributed by atoms with Crippen LogP contribution in [0.2, 0.25) is 0 Å². The molecule has 4 heteroatoms. The Morgan fingerprint density at radius 1 is 1.22 bits per heavy atom. The number of nitrogens with two attached hydrogens (primary N) is 1. The van der Waals surface area contributed by atoms with Crippen molar-refractivity contribution in [3.8, 4) is 27.8 Å². The zero-order valence-electron chi connectivity index (χ0n) is 13.1. The third-order valence-electron chi connectivity index (χ3n) is 3.92. The number of aromatic nitrogens is 1. The Morgan fingerprint density at radius 3 is 2.52 bits per heavy atom. The Hall–Kier alpha value is -2.64. The van der Waals surface area contributed by atoms with Crippen LogP contribution in [0.5, 0.6) is 0 Å². The minimum atomic E-state index is 0.285. The van der Waals surface area contributed by atoms with Gasteiger partial charge < -0.3 is 5.73 Å². The molecule has 0 saturated carbocycles. The molecule has 2 N–H and O–H groups in total. The SMILES string of the molecule is CCc1ccc(-c2cc(-c3sccc3C)c(C#N)c(N)n2)cc1. The maximum Gasteiger partial charge on any atom is 0.142 e. The summed E-state index contributed by atoms with van der Waals surface area (Å²) >= 11 is 1.62. The molecule has 0 radical (unpaired) electrons. The summed E-state index contributed by atoms with van der Waals surface area (Å²) in [5.41, 5.74) is 11.6. The van der Waals surface area contributed by atoms with Crippen LogP contribution in [0.4, 0.5) is 5.82 Å². The summed E-state index contributed by atoms with van der Waals surface area (Å²) in [6.07, 6.45) is 1.00. The standard InChI is InChI=1S/C19H17N3S/c1-3-13-4-6-14(7-5-13)17-10-15(16(11-20)19(21)22-17)18-12(2)8-9-23-18/h4-10H,3H2,1-2H3,(H2,21,22). The maximum atomic E-state index is 9.45. The smallest absolute Gasteiger partial charge is 0.142 e. The minimum absolute atomic E-state index is 0.285. The van der Waals surface area contributed by atoms with Crippen molar-refractivity contribution >= 4 is 17.2 Å². The van der Waals surface area contributed by atoms with Gasteiger partial charge in [0.1, 0.15) is 17.5 Å². The van der Waals surface area contributed by atoms with E-state index in [1.54, 1.807) is 11.3 Å². The highest BCUT2D eigenvalue weighted by atomic mass is 32.1. The molecular weight excluding hydrogens is 302 g/mol. The molecule has 114 valence electrons. The number of nitrogen functional groups attached to an aromatic ring is 1. The lowest BCUT2D eigenvalue weighted by atomic mass is 10.0. The fourth-order valence-corrected chi connectivity index (χ4v) is 3.52. The van der Waals surface area contributed by atoms with Crippen molar-refractivity contribution < 1.29 is 0 Å². The van der Waals surface area contributed by atoms with Gasteiger partial charge in [-0.1, -0.05) is 31.2 Å². The molecule has 0 aliphatic rings. The van der Waals surface area contributed by atoms with Crippen molar-refractivity contribution in [2.24, 2.45) is 0 Å². The van der Waals surface area contributed by atoms with Crippen LogP contribution in [-0.4, -0.2) is 4.98 Å². The number of hydrogen-bond acceptors (Lipinski definition) is 4. The van der Waals surface area contributed by atoms with Gasteiger partial charge >= 0.3 is 0 Å². The van der Waals surface area contributed by atoms with Crippen molar-refractivity contribution in [1.29, 1.82) is 5.26 Å². The molecule has 1 aromatic carbocycles. The van der Waals surface area contributed by atoms with Crippen LogP contribution in [0.25, 0.3) is 21.7 Å². The minimum Gasteiger partial charge on any atom is -0.383 e. The Kier molecular flexibility index (Phi) is 4.14. The van der Waals surface area contributed by atoms with Crippen molar-refractivity contribution in [3.05, 3.63) is 58.5 Å². The number of hydrogen-bond donors (Lipinski definition) is 1. The fourth-order valence-electron chi connectivity index (χ4n) is 2.57. The molecule has 0 spiro atoms. The van der Waals surface area contributed by atoms with Crippen molar-refractivity contribution in [1.82, 2.24) is 4.98 Å². The second-order valence-electron chi connectivity index (χ2n) is 5.41. The number of anilines is 1. The number of pyridine rings is 1. The number of aryl methyl sites for hydroxylation is 2. The van der Waals surface area contributed by atoms with Gasteiger partial charge in [-0.3, -0.25) is 0 Å². The van der Waals surface area contributed by atoms with Gasteiger partial charge in [-0.25, -0.2) is 4.98 Å². The van der Waals surface area contributed by atoms with Gasteiger partial charge in [0, 0.05) is 16.0 Å². The first-order chi connectivity index (χ1) is 11.1. The van der Waals surface area contributed by atoms with Gasteiger partial charge in [-0.15, -0.1) is 11.3 Å². The van der Waals surface area contributed by atoms with Crippen LogP contribution in [0.3, 0.4) is 0 Å². The summed E-state index contributed by atoms with van der Waals surface area (Å²) in [5, 5.41) is 11.5. The quantitative estimate of drug-likeness (QED) is 0.754. The number of nitrogens with zero attached hydrogens (tertiary/aromatic N) is 2. The van der Waals surface area contributed by atoms with E-state index in [1.165, 1.54) is 5.56 Å². The summed E-state index contributed by atoms with van der Waals surface area (Å²) in [6.45, 7) is 4.17. The lowest BCUT2D eigenvalue weighted by molar-refractivity contribution is 1.14. The first-order valence-electron chi connectivity index (χ1n) is 7.48. The molecule has 0 unspecified atom stereocenters. The Bertz CT molecular complexity index is 886. The number of rotatable bonds is 3. The molecule has 0 bridgehead atoms. The molecule has 23 heavy (non-hydrogen) atoms. The molecule has 3 rings (SSSR count). The average Bonchev–Trinajstić information content (AvgIpc) is 3.00. The van der Waals surface area contributed by atoms with Crippen LogP contribution in [0.15, 0.2) is 41.8 Å². The lowest BCUT2D eigenvalue weighted by Crippen LogP contribution is -1.99. The zero-order chi connectivity index (χ0) is 16.4. The summed E-state index contributed by atoms with van der Waals surface area (Å²) in [4.78, 5) is 5.50. The number of benzene rings is 1. The summed E-state index contributed by atoms with van der Waals surface area (Å²) in [7, 11) is 0. The van der Waals surface area contributed by atoms with Crippen molar-refractivity contribution in [2.45, 2.75) is 20.3 Å². The summed E-state index contributed by atoms with van der Waals surface area (Å²) in [5.74, 6) is 0.285. The van der Waals surface area contributed by atoms with Crippen molar-refractivity contribution in [2.75, 3.05) is 5.73 Å². The Balaban J connectivity index is 2.18. The molecule has 2 heterocycles. The molecule has 0 saturated heterocycles. The molecule has 0 atom stereocenters. The first kappa shape index (κ1) is 15.3. The molecule has 0 aliphatic carbocycles. The van der Waals surface area contributed by atoms with Gasteiger partial charge in [0.25, 0.3) is 0 Å². The fraction of sp³-hybridized carbons (Fsp3) is 0.158. The van der Waals surface area contributed by atoms with E-state index in [1.807, 2.05) is 24.4 Å². The van der Waals surface area contributed by atoms with E-state index in [0.29, 0.717) is 5.56 Å². The van der Waals surface area contributed by atoms with Crippen LogP contribution in [-0.2, 0) is 6.42 Å². The number of thiophene rings is 1. The van der Waals surface area contributed by atoms with E-state index in [0.717, 1.165) is 33.7 Å². The van der Waals surface area contributed by atoms with Crippen LogP contribution < -0.4 is 5.73 Å². The highest BCUT2D eigenvalue weighted by Gasteiger charge is 2.15. The highest BCUT2D eigenvalue weighted by Crippen LogP contribution is 2.36. The van der Waals surface area contributed by atoms with E-state index in [4.69, 9.17) is 5.73 Å². The molecule has 3 aromatic rings. The third kappa shape index (κ3) is 2.84. The van der Waals surface area contributed by atoms with Crippen LogP contribution >= 0.6 is 11.3 Å². The van der Waals surface area contributed by atoms with E-state index >= 15 is 0 Å². The first-order valence-corrected chi connectivity index (χ1v) is 8.36. The van der Waals surface area contributed by atoms with E-state index < -0.39 is 0 Å². The molecule has 2 aromatic heterocycles. The Morgan fingerprint density at radius 2 is 1.96 bits per heavy atom. The largest absolute Gasteiger partial charge is 0.383 e. The van der Waals surface area contributed by atoms with Crippen LogP contribution in [0.1, 0.15) is 23.6 Å². The lowest BCUT2D eigenvalue weighted by Gasteiger charge is -2.10. The predicted octanol–water partition coefficient (Wildman–Crippen LogP) is 4.80. The molecule has 0 amide bonds. The van der Waals surface area contributed by atoms with Gasteiger partial charge in [-0.05, 0) is 42.0 Å². The average molecular weight is 319 g/mol. The monoisotopic (exact) mass is 319 g/mol. The summed E-state index contributed by atoms with van der Waals surface area (Å²) in [6, 6.07) is 14.5. The molecule has 3 nitrogen and oxygen atoms in total. The van der Waals surface area contributed by atoms with Gasteiger partial charge in [-0.2, -0.15) is 5.26 Å². The topological polar surface area (TPSA) is 62.7 Å². The highest BCUT2D eigenvalue weighted by molar-refractivity contribution is 7.13.